The lowest BCUT2D eigenvalue weighted by atomic mass is 10.1. The first-order chi connectivity index (χ1) is 16.7. The SMILES string of the molecule is CCOc1ccc(C)cc1-c1ccc(C(=O)NS(=O)(=O)c2cccnc2N)c(N2CC[C@H](C)C2)n1. The molecule has 4 rings (SSSR count). The number of aromatic nitrogens is 2. The molecule has 1 aliphatic rings. The van der Waals surface area contributed by atoms with Gasteiger partial charge in [-0.25, -0.2) is 23.1 Å². The zero-order valence-electron chi connectivity index (χ0n) is 20.0. The van der Waals surface area contributed by atoms with Gasteiger partial charge < -0.3 is 15.4 Å². The minimum absolute atomic E-state index is 0.166. The van der Waals surface area contributed by atoms with Crippen molar-refractivity contribution in [3.63, 3.8) is 0 Å². The van der Waals surface area contributed by atoms with E-state index in [-0.39, 0.29) is 16.3 Å². The fraction of sp³-hybridized carbons (Fsp3) is 0.320. The average molecular weight is 496 g/mol. The number of nitrogens with one attached hydrogen (secondary N) is 1. The Labute approximate surface area is 205 Å². The third-order valence-corrected chi connectivity index (χ3v) is 7.25. The second kappa shape index (κ2) is 9.91. The maximum absolute atomic E-state index is 13.2. The molecule has 1 aromatic carbocycles. The summed E-state index contributed by atoms with van der Waals surface area (Å²) in [6, 6.07) is 11.9. The lowest BCUT2D eigenvalue weighted by Crippen LogP contribution is -2.33. The lowest BCUT2D eigenvalue weighted by Gasteiger charge is -2.22. The molecule has 35 heavy (non-hydrogen) atoms. The molecule has 2 aromatic heterocycles. The molecule has 1 fully saturated rings. The summed E-state index contributed by atoms with van der Waals surface area (Å²) in [5, 5.41) is 0. The number of carbonyl (C=O) groups excluding carboxylic acids is 1. The smallest absolute Gasteiger partial charge is 0.268 e. The molecule has 3 N–H and O–H groups in total. The predicted molar refractivity (Wildman–Crippen MR) is 135 cm³/mol. The number of ether oxygens (including phenoxy) is 1. The quantitative estimate of drug-likeness (QED) is 0.511. The van der Waals surface area contributed by atoms with Crippen molar-refractivity contribution < 1.29 is 17.9 Å². The van der Waals surface area contributed by atoms with Gasteiger partial charge in [0.05, 0.1) is 17.9 Å². The molecule has 0 saturated carbocycles. The lowest BCUT2D eigenvalue weighted by molar-refractivity contribution is 0.0981. The minimum atomic E-state index is -4.22. The fourth-order valence-corrected chi connectivity index (χ4v) is 5.18. The van der Waals surface area contributed by atoms with Crippen LogP contribution in [0.3, 0.4) is 0 Å². The average Bonchev–Trinajstić information content (AvgIpc) is 3.26. The Morgan fingerprint density at radius 3 is 2.74 bits per heavy atom. The minimum Gasteiger partial charge on any atom is -0.493 e. The van der Waals surface area contributed by atoms with Gasteiger partial charge >= 0.3 is 0 Å². The second-order valence-corrected chi connectivity index (χ2v) is 10.3. The van der Waals surface area contributed by atoms with E-state index in [0.29, 0.717) is 42.9 Å². The molecule has 3 aromatic rings. The molecule has 1 atom stereocenters. The van der Waals surface area contributed by atoms with Crippen molar-refractivity contribution in [1.82, 2.24) is 14.7 Å². The molecule has 1 amide bonds. The Bertz CT molecular complexity index is 1360. The van der Waals surface area contributed by atoms with Gasteiger partial charge in [-0.3, -0.25) is 4.79 Å². The van der Waals surface area contributed by atoms with E-state index in [1.807, 2.05) is 36.9 Å². The highest BCUT2D eigenvalue weighted by atomic mass is 32.2. The monoisotopic (exact) mass is 495 g/mol. The maximum Gasteiger partial charge on any atom is 0.268 e. The summed E-state index contributed by atoms with van der Waals surface area (Å²) < 4.78 is 33.7. The number of anilines is 2. The maximum atomic E-state index is 13.2. The van der Waals surface area contributed by atoms with Crippen LogP contribution in [0, 0.1) is 12.8 Å². The molecule has 1 saturated heterocycles. The highest BCUT2D eigenvalue weighted by Crippen LogP contribution is 2.34. The number of rotatable bonds is 7. The number of hydrogen-bond acceptors (Lipinski definition) is 8. The number of amides is 1. The van der Waals surface area contributed by atoms with Gasteiger partial charge in [-0.05, 0) is 62.6 Å². The molecular weight excluding hydrogens is 466 g/mol. The van der Waals surface area contributed by atoms with Crippen LogP contribution in [0.4, 0.5) is 11.6 Å². The first kappa shape index (κ1) is 24.5. The number of benzene rings is 1. The second-order valence-electron chi connectivity index (χ2n) is 8.66. The third-order valence-electron chi connectivity index (χ3n) is 5.87. The van der Waals surface area contributed by atoms with Gasteiger partial charge in [0.25, 0.3) is 15.9 Å². The molecular formula is C25H29N5O4S. The number of nitrogens with zero attached hydrogens (tertiary/aromatic N) is 3. The highest BCUT2D eigenvalue weighted by Gasteiger charge is 2.28. The van der Waals surface area contributed by atoms with E-state index in [2.05, 4.69) is 16.6 Å². The van der Waals surface area contributed by atoms with E-state index in [1.54, 1.807) is 12.1 Å². The Balaban J connectivity index is 1.76. The van der Waals surface area contributed by atoms with Crippen molar-refractivity contribution in [2.45, 2.75) is 32.1 Å². The van der Waals surface area contributed by atoms with Crippen molar-refractivity contribution in [2.75, 3.05) is 30.3 Å². The zero-order chi connectivity index (χ0) is 25.2. The van der Waals surface area contributed by atoms with Gasteiger partial charge in [-0.1, -0.05) is 18.6 Å². The largest absolute Gasteiger partial charge is 0.493 e. The third kappa shape index (κ3) is 5.22. The molecule has 1 aliphatic heterocycles. The van der Waals surface area contributed by atoms with Crippen LogP contribution in [0.2, 0.25) is 0 Å². The Hall–Kier alpha value is -3.66. The van der Waals surface area contributed by atoms with E-state index < -0.39 is 15.9 Å². The normalized spacial score (nSPS) is 15.7. The molecule has 0 aliphatic carbocycles. The topological polar surface area (TPSA) is 128 Å². The van der Waals surface area contributed by atoms with Crippen LogP contribution in [-0.2, 0) is 10.0 Å². The number of sulfonamides is 1. The molecule has 3 heterocycles. The summed E-state index contributed by atoms with van der Waals surface area (Å²) >= 11 is 0. The van der Waals surface area contributed by atoms with Gasteiger partial charge in [0, 0.05) is 24.8 Å². The summed E-state index contributed by atoms with van der Waals surface area (Å²) in [4.78, 5) is 23.6. The summed E-state index contributed by atoms with van der Waals surface area (Å²) in [7, 11) is -4.22. The standard InChI is InChI=1S/C25H29N5O4S/c1-4-34-21-10-7-16(2)14-19(21)20-9-8-18(24(28-20)30-13-11-17(3)15-30)25(31)29-35(32,33)22-6-5-12-27-23(22)26/h5-10,12,14,17H,4,11,13,15H2,1-3H3,(H2,26,27)(H,29,31)/t17-/m0/s1. The number of nitrogen functional groups attached to an aromatic ring is 1. The molecule has 0 spiro atoms. The number of nitrogens with two attached hydrogens (primary N) is 1. The van der Waals surface area contributed by atoms with Crippen molar-refractivity contribution >= 4 is 27.6 Å². The van der Waals surface area contributed by atoms with Gasteiger partial charge in [-0.15, -0.1) is 0 Å². The Kier molecular flexibility index (Phi) is 6.93. The summed E-state index contributed by atoms with van der Waals surface area (Å²) in [6.07, 6.45) is 2.33. The molecule has 10 heteroatoms. The van der Waals surface area contributed by atoms with Crippen molar-refractivity contribution in [1.29, 1.82) is 0 Å². The van der Waals surface area contributed by atoms with Crippen LogP contribution in [0.5, 0.6) is 5.75 Å². The highest BCUT2D eigenvalue weighted by molar-refractivity contribution is 7.90. The fourth-order valence-electron chi connectivity index (χ4n) is 4.13. The van der Waals surface area contributed by atoms with Crippen LogP contribution in [-0.4, -0.2) is 44.0 Å². The zero-order valence-corrected chi connectivity index (χ0v) is 20.8. The molecule has 184 valence electrons. The van der Waals surface area contributed by atoms with Gasteiger partial charge in [0.1, 0.15) is 22.3 Å². The van der Waals surface area contributed by atoms with Crippen molar-refractivity contribution in [2.24, 2.45) is 5.92 Å². The van der Waals surface area contributed by atoms with Crippen molar-refractivity contribution in [3.8, 4) is 17.0 Å². The van der Waals surface area contributed by atoms with Crippen LogP contribution in [0.15, 0.2) is 53.6 Å². The van der Waals surface area contributed by atoms with Crippen LogP contribution in [0.25, 0.3) is 11.3 Å². The van der Waals surface area contributed by atoms with E-state index in [0.717, 1.165) is 17.5 Å². The van der Waals surface area contributed by atoms with E-state index in [1.165, 1.54) is 18.3 Å². The number of aryl methyl sites for hydroxylation is 1. The van der Waals surface area contributed by atoms with Gasteiger partial charge in [0.15, 0.2) is 0 Å². The first-order valence-electron chi connectivity index (χ1n) is 11.5. The number of hydrogen-bond donors (Lipinski definition) is 2. The summed E-state index contributed by atoms with van der Waals surface area (Å²) in [6.45, 7) is 7.96. The van der Waals surface area contributed by atoms with E-state index in [9.17, 15) is 13.2 Å². The predicted octanol–water partition coefficient (Wildman–Crippen LogP) is 3.40. The van der Waals surface area contributed by atoms with Gasteiger partial charge in [-0.2, -0.15) is 0 Å². The molecule has 9 nitrogen and oxygen atoms in total. The van der Waals surface area contributed by atoms with Crippen LogP contribution in [0.1, 0.15) is 36.2 Å². The van der Waals surface area contributed by atoms with Crippen molar-refractivity contribution in [3.05, 3.63) is 59.8 Å². The Morgan fingerprint density at radius 1 is 1.26 bits per heavy atom. The Morgan fingerprint density at radius 2 is 2.06 bits per heavy atom. The molecule has 0 unspecified atom stereocenters. The number of pyridine rings is 2. The number of carbonyl (C=O) groups is 1. The molecule has 0 radical (unpaired) electrons. The van der Waals surface area contributed by atoms with Crippen LogP contribution < -0.4 is 20.1 Å². The van der Waals surface area contributed by atoms with Gasteiger partial charge in [0.2, 0.25) is 0 Å². The van der Waals surface area contributed by atoms with E-state index >= 15 is 0 Å². The molecule has 0 bridgehead atoms. The first-order valence-corrected chi connectivity index (χ1v) is 13.0. The summed E-state index contributed by atoms with van der Waals surface area (Å²) in [5.74, 6) is 0.586. The van der Waals surface area contributed by atoms with Crippen LogP contribution >= 0.6 is 0 Å². The van der Waals surface area contributed by atoms with E-state index in [4.69, 9.17) is 15.5 Å². The summed E-state index contributed by atoms with van der Waals surface area (Å²) in [5.41, 5.74) is 8.39.